The molecule has 1 saturated heterocycles. The van der Waals surface area contributed by atoms with Gasteiger partial charge in [-0.2, -0.15) is 0 Å². The third-order valence-corrected chi connectivity index (χ3v) is 5.14. The van der Waals surface area contributed by atoms with Crippen LogP contribution < -0.4 is 0 Å². The predicted octanol–water partition coefficient (Wildman–Crippen LogP) is 2.97. The summed E-state index contributed by atoms with van der Waals surface area (Å²) in [7, 11) is 0. The van der Waals surface area contributed by atoms with Crippen LogP contribution in [0.5, 0.6) is 0 Å². The molecule has 3 rings (SSSR count). The van der Waals surface area contributed by atoms with Crippen LogP contribution in [0.4, 0.5) is 0 Å². The number of thiazole rings is 1. The summed E-state index contributed by atoms with van der Waals surface area (Å²) in [6, 6.07) is 8.00. The first kappa shape index (κ1) is 16.1. The molecule has 1 aliphatic heterocycles. The molecule has 4 nitrogen and oxygen atoms in total. The van der Waals surface area contributed by atoms with Crippen LogP contribution in [0.2, 0.25) is 0 Å². The second-order valence-corrected chi connectivity index (χ2v) is 7.04. The Kier molecular flexibility index (Phi) is 5.08. The van der Waals surface area contributed by atoms with Gasteiger partial charge < -0.3 is 4.90 Å². The van der Waals surface area contributed by atoms with Gasteiger partial charge >= 0.3 is 0 Å². The normalized spacial score (nSPS) is 15.8. The molecule has 2 aromatic rings. The van der Waals surface area contributed by atoms with Gasteiger partial charge in [0.15, 0.2) is 0 Å². The van der Waals surface area contributed by atoms with Crippen LogP contribution in [0, 0.1) is 6.92 Å². The lowest BCUT2D eigenvalue weighted by molar-refractivity contribution is 0.0627. The fraction of sp³-hybridized carbons (Fsp3) is 0.444. The van der Waals surface area contributed by atoms with Crippen molar-refractivity contribution in [1.29, 1.82) is 0 Å². The van der Waals surface area contributed by atoms with Crippen molar-refractivity contribution in [3.63, 3.8) is 0 Å². The van der Waals surface area contributed by atoms with Gasteiger partial charge in [0.05, 0.1) is 10.7 Å². The number of aromatic nitrogens is 1. The molecule has 1 amide bonds. The largest absolute Gasteiger partial charge is 0.336 e. The fourth-order valence-electron chi connectivity index (χ4n) is 2.88. The molecule has 0 aliphatic carbocycles. The van der Waals surface area contributed by atoms with Crippen LogP contribution in [-0.2, 0) is 13.0 Å². The minimum atomic E-state index is 0.150. The molecule has 1 aliphatic rings. The molecule has 2 heterocycles. The van der Waals surface area contributed by atoms with Crippen LogP contribution in [-0.4, -0.2) is 46.9 Å². The van der Waals surface area contributed by atoms with Crippen molar-refractivity contribution in [2.24, 2.45) is 0 Å². The first-order chi connectivity index (χ1) is 11.2. The highest BCUT2D eigenvalue weighted by Crippen LogP contribution is 2.14. The summed E-state index contributed by atoms with van der Waals surface area (Å²) in [6.45, 7) is 8.45. The standard InChI is InChI=1S/C18H23N3OS/c1-3-15-4-6-16(7-5-15)18(22)21-10-8-20(9-11-21)12-17-13-23-14(2)19-17/h4-7,13H,3,8-12H2,1-2H3. The number of nitrogens with zero attached hydrogens (tertiary/aromatic N) is 3. The number of piperazine rings is 1. The molecule has 5 heteroatoms. The summed E-state index contributed by atoms with van der Waals surface area (Å²) in [4.78, 5) is 21.4. The molecule has 0 N–H and O–H groups in total. The lowest BCUT2D eigenvalue weighted by Crippen LogP contribution is -2.48. The Morgan fingerprint density at radius 3 is 2.43 bits per heavy atom. The van der Waals surface area contributed by atoms with Gasteiger partial charge in [-0.05, 0) is 31.0 Å². The van der Waals surface area contributed by atoms with Gasteiger partial charge in [-0.15, -0.1) is 11.3 Å². The number of carbonyl (C=O) groups excluding carboxylic acids is 1. The molecule has 1 fully saturated rings. The Balaban J connectivity index is 1.54. The van der Waals surface area contributed by atoms with E-state index >= 15 is 0 Å². The first-order valence-corrected chi connectivity index (χ1v) is 9.05. The highest BCUT2D eigenvalue weighted by atomic mass is 32.1. The fourth-order valence-corrected chi connectivity index (χ4v) is 3.49. The van der Waals surface area contributed by atoms with Crippen LogP contribution in [0.1, 0.15) is 33.5 Å². The summed E-state index contributed by atoms with van der Waals surface area (Å²) in [6.07, 6.45) is 1.00. The lowest BCUT2D eigenvalue weighted by Gasteiger charge is -2.34. The van der Waals surface area contributed by atoms with Crippen LogP contribution in [0.15, 0.2) is 29.6 Å². The average Bonchev–Trinajstić information content (AvgIpc) is 3.00. The molecule has 122 valence electrons. The van der Waals surface area contributed by atoms with E-state index in [4.69, 9.17) is 0 Å². The number of aryl methyl sites for hydroxylation is 2. The first-order valence-electron chi connectivity index (χ1n) is 8.17. The molecular weight excluding hydrogens is 306 g/mol. The maximum atomic E-state index is 12.6. The molecule has 0 bridgehead atoms. The van der Waals surface area contributed by atoms with E-state index in [-0.39, 0.29) is 5.91 Å². The second-order valence-electron chi connectivity index (χ2n) is 5.98. The number of hydrogen-bond acceptors (Lipinski definition) is 4. The van der Waals surface area contributed by atoms with Crippen LogP contribution >= 0.6 is 11.3 Å². The molecule has 0 spiro atoms. The van der Waals surface area contributed by atoms with Crippen LogP contribution in [0.3, 0.4) is 0 Å². The van der Waals surface area contributed by atoms with E-state index in [1.165, 1.54) is 5.56 Å². The Bertz CT molecular complexity index is 657. The molecule has 0 saturated carbocycles. The maximum Gasteiger partial charge on any atom is 0.253 e. The molecule has 1 aromatic heterocycles. The third-order valence-electron chi connectivity index (χ3n) is 4.32. The third kappa shape index (κ3) is 3.98. The maximum absolute atomic E-state index is 12.6. The van der Waals surface area contributed by atoms with Crippen molar-refractivity contribution >= 4 is 17.2 Å². The van der Waals surface area contributed by atoms with E-state index in [1.54, 1.807) is 11.3 Å². The quantitative estimate of drug-likeness (QED) is 0.865. The molecule has 0 unspecified atom stereocenters. The van der Waals surface area contributed by atoms with Crippen molar-refractivity contribution in [3.05, 3.63) is 51.5 Å². The Labute approximate surface area is 141 Å². The van der Waals surface area contributed by atoms with E-state index < -0.39 is 0 Å². The van der Waals surface area contributed by atoms with Gasteiger partial charge in [-0.1, -0.05) is 19.1 Å². The van der Waals surface area contributed by atoms with Gasteiger partial charge in [-0.3, -0.25) is 9.69 Å². The Hall–Kier alpha value is -1.72. The summed E-state index contributed by atoms with van der Waals surface area (Å²) in [5.41, 5.74) is 3.21. The number of rotatable bonds is 4. The van der Waals surface area contributed by atoms with E-state index in [0.717, 1.165) is 55.4 Å². The van der Waals surface area contributed by atoms with Crippen molar-refractivity contribution in [3.8, 4) is 0 Å². The molecule has 1 aromatic carbocycles. The number of benzene rings is 1. The molecule has 23 heavy (non-hydrogen) atoms. The highest BCUT2D eigenvalue weighted by Gasteiger charge is 2.22. The Morgan fingerprint density at radius 1 is 1.17 bits per heavy atom. The van der Waals surface area contributed by atoms with Gasteiger partial charge in [0.1, 0.15) is 0 Å². The average molecular weight is 329 g/mol. The molecular formula is C18H23N3OS. The zero-order valence-electron chi connectivity index (χ0n) is 13.8. The summed E-state index contributed by atoms with van der Waals surface area (Å²) in [5, 5.41) is 3.24. The summed E-state index contributed by atoms with van der Waals surface area (Å²) in [5.74, 6) is 0.150. The number of hydrogen-bond donors (Lipinski definition) is 0. The summed E-state index contributed by atoms with van der Waals surface area (Å²) >= 11 is 1.70. The SMILES string of the molecule is CCc1ccc(C(=O)N2CCN(Cc3csc(C)n3)CC2)cc1. The second kappa shape index (κ2) is 7.23. The van der Waals surface area contributed by atoms with Gasteiger partial charge in [0.2, 0.25) is 0 Å². The number of carbonyl (C=O) groups is 1. The van der Waals surface area contributed by atoms with Crippen LogP contribution in [0.25, 0.3) is 0 Å². The monoisotopic (exact) mass is 329 g/mol. The van der Waals surface area contributed by atoms with Crippen molar-refractivity contribution in [1.82, 2.24) is 14.8 Å². The van der Waals surface area contributed by atoms with Gasteiger partial charge in [0, 0.05) is 43.7 Å². The zero-order valence-corrected chi connectivity index (χ0v) is 14.6. The lowest BCUT2D eigenvalue weighted by atomic mass is 10.1. The minimum absolute atomic E-state index is 0.150. The zero-order chi connectivity index (χ0) is 16.2. The van der Waals surface area contributed by atoms with E-state index in [0.29, 0.717) is 0 Å². The molecule has 0 radical (unpaired) electrons. The topological polar surface area (TPSA) is 36.4 Å². The smallest absolute Gasteiger partial charge is 0.253 e. The highest BCUT2D eigenvalue weighted by molar-refractivity contribution is 7.09. The van der Waals surface area contributed by atoms with E-state index in [9.17, 15) is 4.79 Å². The number of amides is 1. The minimum Gasteiger partial charge on any atom is -0.336 e. The van der Waals surface area contributed by atoms with Gasteiger partial charge in [-0.25, -0.2) is 4.98 Å². The van der Waals surface area contributed by atoms with Crippen molar-refractivity contribution in [2.45, 2.75) is 26.8 Å². The van der Waals surface area contributed by atoms with E-state index in [1.807, 2.05) is 36.1 Å². The van der Waals surface area contributed by atoms with Crippen molar-refractivity contribution in [2.75, 3.05) is 26.2 Å². The Morgan fingerprint density at radius 2 is 1.87 bits per heavy atom. The predicted molar refractivity (Wildman–Crippen MR) is 93.9 cm³/mol. The van der Waals surface area contributed by atoms with Gasteiger partial charge in [0.25, 0.3) is 5.91 Å². The van der Waals surface area contributed by atoms with E-state index in [2.05, 4.69) is 22.2 Å². The summed E-state index contributed by atoms with van der Waals surface area (Å²) < 4.78 is 0. The molecule has 0 atom stereocenters. The van der Waals surface area contributed by atoms with Crippen molar-refractivity contribution < 1.29 is 4.79 Å².